The molecule has 1 saturated carbocycles. The molecule has 2 amide bonds. The smallest absolute Gasteiger partial charge is 0.246 e. The minimum absolute atomic E-state index is 0.0687. The van der Waals surface area contributed by atoms with E-state index in [0.717, 1.165) is 40.7 Å². The molecule has 1 fully saturated rings. The molecular weight excluding hydrogens is 350 g/mol. The van der Waals surface area contributed by atoms with Crippen LogP contribution in [0.4, 0.5) is 17.1 Å². The van der Waals surface area contributed by atoms with Crippen LogP contribution < -0.4 is 16.0 Å². The van der Waals surface area contributed by atoms with E-state index in [1.807, 2.05) is 73.7 Å². The summed E-state index contributed by atoms with van der Waals surface area (Å²) in [6.07, 6.45) is 1.94. The zero-order valence-corrected chi connectivity index (χ0v) is 15.7. The van der Waals surface area contributed by atoms with Crippen LogP contribution in [0.2, 0.25) is 0 Å². The van der Waals surface area contributed by atoms with Crippen LogP contribution in [0.5, 0.6) is 0 Å². The minimum atomic E-state index is -0.430. The van der Waals surface area contributed by atoms with E-state index in [0.29, 0.717) is 0 Å². The highest BCUT2D eigenvalue weighted by molar-refractivity contribution is 5.98. The molecule has 142 valence electrons. The normalized spacial score (nSPS) is 14.3. The second kappa shape index (κ2) is 7.72. The van der Waals surface area contributed by atoms with Crippen molar-refractivity contribution in [2.45, 2.75) is 25.8 Å². The highest BCUT2D eigenvalue weighted by atomic mass is 16.2. The molecule has 1 atom stereocenters. The van der Waals surface area contributed by atoms with Crippen LogP contribution in [0.1, 0.15) is 19.8 Å². The third-order valence-electron chi connectivity index (χ3n) is 4.87. The van der Waals surface area contributed by atoms with Crippen LogP contribution in [0.15, 0.2) is 66.7 Å². The van der Waals surface area contributed by atoms with Gasteiger partial charge in [0, 0.05) is 23.0 Å². The number of anilines is 3. The van der Waals surface area contributed by atoms with Crippen molar-refractivity contribution in [3.8, 4) is 0 Å². The van der Waals surface area contributed by atoms with Crippen molar-refractivity contribution < 1.29 is 9.59 Å². The lowest BCUT2D eigenvalue weighted by molar-refractivity contribution is -0.117. The molecule has 0 radical (unpaired) electrons. The van der Waals surface area contributed by atoms with Crippen molar-refractivity contribution in [2.75, 3.05) is 16.0 Å². The Labute approximate surface area is 164 Å². The average Bonchev–Trinajstić information content (AvgIpc) is 3.53. The molecule has 1 aliphatic rings. The highest BCUT2D eigenvalue weighted by Gasteiger charge is 2.29. The van der Waals surface area contributed by atoms with Gasteiger partial charge in [0.25, 0.3) is 0 Å². The van der Waals surface area contributed by atoms with Crippen molar-refractivity contribution in [1.29, 1.82) is 0 Å². The molecule has 0 spiro atoms. The maximum atomic E-state index is 12.6. The van der Waals surface area contributed by atoms with E-state index < -0.39 is 6.04 Å². The fourth-order valence-electron chi connectivity index (χ4n) is 3.11. The lowest BCUT2D eigenvalue weighted by Gasteiger charge is -2.16. The molecule has 1 unspecified atom stereocenters. The predicted molar refractivity (Wildman–Crippen MR) is 113 cm³/mol. The number of rotatable bonds is 6. The van der Waals surface area contributed by atoms with Gasteiger partial charge in [0.05, 0.1) is 0 Å². The summed E-state index contributed by atoms with van der Waals surface area (Å²) in [5.74, 6) is 0.102. The van der Waals surface area contributed by atoms with E-state index in [1.54, 1.807) is 0 Å². The first kappa shape index (κ1) is 18.0. The van der Waals surface area contributed by atoms with Crippen LogP contribution in [0, 0.1) is 5.92 Å². The Balaban J connectivity index is 1.38. The Kier molecular flexibility index (Phi) is 4.98. The number of amides is 2. The summed E-state index contributed by atoms with van der Waals surface area (Å²) in [6.45, 7) is 1.81. The van der Waals surface area contributed by atoms with Gasteiger partial charge in [-0.25, -0.2) is 0 Å². The van der Waals surface area contributed by atoms with E-state index in [2.05, 4.69) is 16.0 Å². The molecule has 0 aliphatic heterocycles. The van der Waals surface area contributed by atoms with Crippen molar-refractivity contribution in [3.05, 3.63) is 66.7 Å². The number of benzene rings is 3. The Bertz CT molecular complexity index is 1030. The summed E-state index contributed by atoms with van der Waals surface area (Å²) in [7, 11) is 0. The number of carbonyl (C=O) groups is 2. The molecule has 3 aromatic carbocycles. The van der Waals surface area contributed by atoms with Gasteiger partial charge < -0.3 is 16.0 Å². The predicted octanol–water partition coefficient (Wildman–Crippen LogP) is 4.63. The van der Waals surface area contributed by atoms with Gasteiger partial charge in [0.15, 0.2) is 0 Å². The first-order valence-electron chi connectivity index (χ1n) is 9.55. The average molecular weight is 373 g/mol. The van der Waals surface area contributed by atoms with Crippen molar-refractivity contribution in [2.24, 2.45) is 5.92 Å². The van der Waals surface area contributed by atoms with Gasteiger partial charge in [-0.1, -0.05) is 36.4 Å². The molecule has 1 aliphatic carbocycles. The maximum Gasteiger partial charge on any atom is 0.246 e. The van der Waals surface area contributed by atoms with Gasteiger partial charge in [-0.15, -0.1) is 0 Å². The van der Waals surface area contributed by atoms with E-state index in [1.165, 1.54) is 0 Å². The topological polar surface area (TPSA) is 70.2 Å². The van der Waals surface area contributed by atoms with Crippen LogP contribution in [0.25, 0.3) is 10.8 Å². The molecule has 0 aromatic heterocycles. The number of nitrogens with one attached hydrogen (secondary N) is 3. The van der Waals surface area contributed by atoms with Crippen LogP contribution in [0.3, 0.4) is 0 Å². The molecule has 0 heterocycles. The summed E-state index contributed by atoms with van der Waals surface area (Å²) in [6, 6.07) is 20.9. The molecular formula is C23H23N3O2. The Hall–Kier alpha value is -3.34. The molecule has 3 N–H and O–H groups in total. The highest BCUT2D eigenvalue weighted by Crippen LogP contribution is 2.30. The maximum absolute atomic E-state index is 12.6. The van der Waals surface area contributed by atoms with Crippen molar-refractivity contribution in [3.63, 3.8) is 0 Å². The first-order valence-corrected chi connectivity index (χ1v) is 9.55. The zero-order chi connectivity index (χ0) is 19.5. The van der Waals surface area contributed by atoms with Gasteiger partial charge >= 0.3 is 0 Å². The zero-order valence-electron chi connectivity index (χ0n) is 15.7. The molecule has 4 rings (SSSR count). The largest absolute Gasteiger partial charge is 0.374 e. The SMILES string of the molecule is CC(Nc1cccc(NC(=O)C2CC2)c1)C(=O)Nc1ccc2ccccc2c1. The molecule has 0 bridgehead atoms. The molecule has 3 aromatic rings. The van der Waals surface area contributed by atoms with E-state index in [9.17, 15) is 9.59 Å². The fourth-order valence-corrected chi connectivity index (χ4v) is 3.11. The van der Waals surface area contributed by atoms with E-state index >= 15 is 0 Å². The monoisotopic (exact) mass is 373 g/mol. The third kappa shape index (κ3) is 4.31. The van der Waals surface area contributed by atoms with Gasteiger partial charge in [-0.3, -0.25) is 9.59 Å². The van der Waals surface area contributed by atoms with Crippen LogP contribution in [-0.4, -0.2) is 17.9 Å². The quantitative estimate of drug-likeness (QED) is 0.590. The summed E-state index contributed by atoms with van der Waals surface area (Å²) in [5.41, 5.74) is 2.29. The Morgan fingerprint density at radius 3 is 2.32 bits per heavy atom. The van der Waals surface area contributed by atoms with Gasteiger partial charge in [-0.05, 0) is 60.9 Å². The number of fused-ring (bicyclic) bond motifs is 1. The minimum Gasteiger partial charge on any atom is -0.374 e. The second-order valence-corrected chi connectivity index (χ2v) is 7.26. The number of hydrogen-bond donors (Lipinski definition) is 3. The van der Waals surface area contributed by atoms with Gasteiger partial charge in [0.1, 0.15) is 6.04 Å². The van der Waals surface area contributed by atoms with E-state index in [4.69, 9.17) is 0 Å². The Morgan fingerprint density at radius 2 is 1.54 bits per heavy atom. The molecule has 0 saturated heterocycles. The lowest BCUT2D eigenvalue weighted by atomic mass is 10.1. The van der Waals surface area contributed by atoms with Crippen molar-refractivity contribution >= 4 is 39.6 Å². The Morgan fingerprint density at radius 1 is 0.821 bits per heavy atom. The van der Waals surface area contributed by atoms with Gasteiger partial charge in [-0.2, -0.15) is 0 Å². The first-order chi connectivity index (χ1) is 13.6. The standard InChI is InChI=1S/C23H23N3O2/c1-15(22(27)25-21-12-11-16-5-2-3-6-18(16)13-21)24-19-7-4-8-20(14-19)26-23(28)17-9-10-17/h2-8,11-15,17,24H,9-10H2,1H3,(H,25,27)(H,26,28). The fraction of sp³-hybridized carbons (Fsp3) is 0.217. The second-order valence-electron chi connectivity index (χ2n) is 7.26. The van der Waals surface area contributed by atoms with Crippen LogP contribution >= 0.6 is 0 Å². The molecule has 28 heavy (non-hydrogen) atoms. The number of carbonyl (C=O) groups excluding carboxylic acids is 2. The summed E-state index contributed by atoms with van der Waals surface area (Å²) in [4.78, 5) is 24.5. The lowest BCUT2D eigenvalue weighted by Crippen LogP contribution is -2.31. The van der Waals surface area contributed by atoms with E-state index in [-0.39, 0.29) is 17.7 Å². The third-order valence-corrected chi connectivity index (χ3v) is 4.87. The number of hydrogen-bond acceptors (Lipinski definition) is 3. The van der Waals surface area contributed by atoms with Crippen molar-refractivity contribution in [1.82, 2.24) is 0 Å². The molecule has 5 heteroatoms. The summed E-state index contributed by atoms with van der Waals surface area (Å²) < 4.78 is 0. The summed E-state index contributed by atoms with van der Waals surface area (Å²) >= 11 is 0. The van der Waals surface area contributed by atoms with Crippen LogP contribution in [-0.2, 0) is 9.59 Å². The molecule has 5 nitrogen and oxygen atoms in total. The summed E-state index contributed by atoms with van der Waals surface area (Å²) in [5, 5.41) is 11.3. The van der Waals surface area contributed by atoms with Gasteiger partial charge in [0.2, 0.25) is 11.8 Å².